The third-order valence-corrected chi connectivity index (χ3v) is 2.79. The lowest BCUT2D eigenvalue weighted by Crippen LogP contribution is -1.93. The van der Waals surface area contributed by atoms with Gasteiger partial charge in [0.25, 0.3) is 0 Å². The van der Waals surface area contributed by atoms with E-state index in [2.05, 4.69) is 56.3 Å². The Morgan fingerprint density at radius 1 is 1.13 bits per heavy atom. The molecule has 0 heterocycles. The SMILES string of the molecule is CCCC(/C=C\Cc1ccccc1)CC. The van der Waals surface area contributed by atoms with Crippen LogP contribution in [0.5, 0.6) is 0 Å². The first-order valence-electron chi connectivity index (χ1n) is 6.07. The third kappa shape index (κ3) is 4.83. The number of rotatable bonds is 6. The molecule has 0 aliphatic rings. The van der Waals surface area contributed by atoms with Crippen LogP contribution in [0.2, 0.25) is 0 Å². The lowest BCUT2D eigenvalue weighted by atomic mass is 9.99. The van der Waals surface area contributed by atoms with Gasteiger partial charge in [0, 0.05) is 0 Å². The van der Waals surface area contributed by atoms with Gasteiger partial charge in [0.2, 0.25) is 0 Å². The monoisotopic (exact) mass is 202 g/mol. The zero-order valence-electron chi connectivity index (χ0n) is 9.95. The van der Waals surface area contributed by atoms with Crippen molar-refractivity contribution < 1.29 is 0 Å². The lowest BCUT2D eigenvalue weighted by Gasteiger charge is -2.07. The Morgan fingerprint density at radius 2 is 1.87 bits per heavy atom. The van der Waals surface area contributed by atoms with E-state index in [4.69, 9.17) is 0 Å². The molecule has 82 valence electrons. The molecule has 0 N–H and O–H groups in total. The van der Waals surface area contributed by atoms with E-state index in [1.807, 2.05) is 0 Å². The molecular weight excluding hydrogens is 180 g/mol. The molecular formula is C15H22. The Bertz CT molecular complexity index is 271. The molecule has 0 fully saturated rings. The van der Waals surface area contributed by atoms with Crippen molar-refractivity contribution in [3.05, 3.63) is 48.0 Å². The Morgan fingerprint density at radius 3 is 2.47 bits per heavy atom. The first kappa shape index (κ1) is 12.0. The largest absolute Gasteiger partial charge is 0.0851 e. The number of hydrogen-bond donors (Lipinski definition) is 0. The molecule has 0 amide bonds. The fourth-order valence-electron chi connectivity index (χ4n) is 1.82. The van der Waals surface area contributed by atoms with Gasteiger partial charge in [0.15, 0.2) is 0 Å². The first-order valence-corrected chi connectivity index (χ1v) is 6.07. The molecule has 1 rings (SSSR count). The van der Waals surface area contributed by atoms with Crippen LogP contribution in [0.4, 0.5) is 0 Å². The van der Waals surface area contributed by atoms with E-state index in [-0.39, 0.29) is 0 Å². The van der Waals surface area contributed by atoms with Crippen molar-refractivity contribution in [3.8, 4) is 0 Å². The molecule has 1 unspecified atom stereocenters. The van der Waals surface area contributed by atoms with Gasteiger partial charge in [-0.2, -0.15) is 0 Å². The summed E-state index contributed by atoms with van der Waals surface area (Å²) in [5, 5.41) is 0. The average molecular weight is 202 g/mol. The summed E-state index contributed by atoms with van der Waals surface area (Å²) in [4.78, 5) is 0. The molecule has 0 saturated carbocycles. The second-order valence-corrected chi connectivity index (χ2v) is 4.07. The first-order chi connectivity index (χ1) is 7.36. The van der Waals surface area contributed by atoms with E-state index < -0.39 is 0 Å². The van der Waals surface area contributed by atoms with Crippen LogP contribution < -0.4 is 0 Å². The molecule has 0 nitrogen and oxygen atoms in total. The molecule has 0 saturated heterocycles. The van der Waals surface area contributed by atoms with Crippen molar-refractivity contribution in [2.45, 2.75) is 39.5 Å². The summed E-state index contributed by atoms with van der Waals surface area (Å²) >= 11 is 0. The summed E-state index contributed by atoms with van der Waals surface area (Å²) < 4.78 is 0. The van der Waals surface area contributed by atoms with Gasteiger partial charge >= 0.3 is 0 Å². The molecule has 15 heavy (non-hydrogen) atoms. The maximum atomic E-state index is 2.39. The smallest absolute Gasteiger partial charge is 0.00974 e. The van der Waals surface area contributed by atoms with Crippen LogP contribution in [-0.4, -0.2) is 0 Å². The molecule has 0 heteroatoms. The summed E-state index contributed by atoms with van der Waals surface area (Å²) in [5.41, 5.74) is 1.40. The van der Waals surface area contributed by atoms with Crippen LogP contribution in [-0.2, 0) is 6.42 Å². The highest BCUT2D eigenvalue weighted by molar-refractivity contribution is 5.17. The normalized spacial score (nSPS) is 13.2. The Labute approximate surface area is 94.0 Å². The van der Waals surface area contributed by atoms with Crippen molar-refractivity contribution >= 4 is 0 Å². The van der Waals surface area contributed by atoms with Gasteiger partial charge in [0.1, 0.15) is 0 Å². The van der Waals surface area contributed by atoms with Gasteiger partial charge in [-0.3, -0.25) is 0 Å². The highest BCUT2D eigenvalue weighted by atomic mass is 14.0. The van der Waals surface area contributed by atoms with Gasteiger partial charge in [-0.05, 0) is 30.7 Å². The standard InChI is InChI=1S/C15H22/c1-3-9-14(4-2)12-8-13-15-10-6-5-7-11-15/h5-8,10-12,14H,3-4,9,13H2,1-2H3/b12-8-. The molecule has 0 bridgehead atoms. The molecule has 0 aromatic heterocycles. The number of benzene rings is 1. The second kappa shape index (κ2) is 7.28. The summed E-state index contributed by atoms with van der Waals surface area (Å²) in [5.74, 6) is 0.777. The molecule has 1 atom stereocenters. The zero-order valence-corrected chi connectivity index (χ0v) is 9.95. The fraction of sp³-hybridized carbons (Fsp3) is 0.467. The summed E-state index contributed by atoms with van der Waals surface area (Å²) in [6.45, 7) is 4.53. The van der Waals surface area contributed by atoms with Crippen LogP contribution in [0.1, 0.15) is 38.7 Å². The minimum atomic E-state index is 0.777. The summed E-state index contributed by atoms with van der Waals surface area (Å²) in [7, 11) is 0. The molecule has 0 aliphatic heterocycles. The molecule has 1 aromatic rings. The average Bonchev–Trinajstić information content (AvgIpc) is 2.29. The molecule has 0 radical (unpaired) electrons. The number of allylic oxidation sites excluding steroid dienone is 2. The fourth-order valence-corrected chi connectivity index (χ4v) is 1.82. The van der Waals surface area contributed by atoms with Crippen LogP contribution in [0.3, 0.4) is 0 Å². The van der Waals surface area contributed by atoms with Gasteiger partial charge in [-0.25, -0.2) is 0 Å². The third-order valence-electron chi connectivity index (χ3n) is 2.79. The zero-order chi connectivity index (χ0) is 10.9. The van der Waals surface area contributed by atoms with Crippen LogP contribution >= 0.6 is 0 Å². The van der Waals surface area contributed by atoms with E-state index in [1.54, 1.807) is 0 Å². The van der Waals surface area contributed by atoms with Gasteiger partial charge < -0.3 is 0 Å². The topological polar surface area (TPSA) is 0 Å². The quantitative estimate of drug-likeness (QED) is 0.591. The minimum absolute atomic E-state index is 0.777. The van der Waals surface area contributed by atoms with Gasteiger partial charge in [-0.1, -0.05) is 62.8 Å². The highest BCUT2D eigenvalue weighted by Gasteiger charge is 1.98. The van der Waals surface area contributed by atoms with Crippen LogP contribution in [0.25, 0.3) is 0 Å². The van der Waals surface area contributed by atoms with Crippen LogP contribution in [0, 0.1) is 5.92 Å². The van der Waals surface area contributed by atoms with Crippen LogP contribution in [0.15, 0.2) is 42.5 Å². The van der Waals surface area contributed by atoms with E-state index in [0.717, 1.165) is 12.3 Å². The molecule has 1 aromatic carbocycles. The predicted molar refractivity (Wildman–Crippen MR) is 68.0 cm³/mol. The lowest BCUT2D eigenvalue weighted by molar-refractivity contribution is 0.562. The minimum Gasteiger partial charge on any atom is -0.0851 e. The Kier molecular flexibility index (Phi) is 5.84. The maximum absolute atomic E-state index is 2.39. The highest BCUT2D eigenvalue weighted by Crippen LogP contribution is 2.12. The Balaban J connectivity index is 2.38. The van der Waals surface area contributed by atoms with Crippen molar-refractivity contribution in [3.63, 3.8) is 0 Å². The van der Waals surface area contributed by atoms with E-state index in [9.17, 15) is 0 Å². The summed E-state index contributed by atoms with van der Waals surface area (Å²) in [6, 6.07) is 10.6. The van der Waals surface area contributed by atoms with Crippen molar-refractivity contribution in [1.82, 2.24) is 0 Å². The molecule has 0 aliphatic carbocycles. The predicted octanol–water partition coefficient (Wildman–Crippen LogP) is 4.61. The van der Waals surface area contributed by atoms with Gasteiger partial charge in [0.05, 0.1) is 0 Å². The molecule has 0 spiro atoms. The van der Waals surface area contributed by atoms with Gasteiger partial charge in [-0.15, -0.1) is 0 Å². The van der Waals surface area contributed by atoms with Crippen molar-refractivity contribution in [2.75, 3.05) is 0 Å². The van der Waals surface area contributed by atoms with Crippen molar-refractivity contribution in [2.24, 2.45) is 5.92 Å². The van der Waals surface area contributed by atoms with E-state index >= 15 is 0 Å². The van der Waals surface area contributed by atoms with E-state index in [1.165, 1.54) is 24.8 Å². The number of hydrogen-bond acceptors (Lipinski definition) is 0. The Hall–Kier alpha value is -1.04. The second-order valence-electron chi connectivity index (χ2n) is 4.07. The summed E-state index contributed by atoms with van der Waals surface area (Å²) in [6.07, 6.45) is 9.64. The van der Waals surface area contributed by atoms with E-state index in [0.29, 0.717) is 0 Å². The van der Waals surface area contributed by atoms with Crippen molar-refractivity contribution in [1.29, 1.82) is 0 Å². The maximum Gasteiger partial charge on any atom is -0.00974 e.